The summed E-state index contributed by atoms with van der Waals surface area (Å²) in [5.74, 6) is -0.358. The van der Waals surface area contributed by atoms with Gasteiger partial charge < -0.3 is 19.0 Å². The Hall–Kier alpha value is -2.29. The first-order valence-corrected chi connectivity index (χ1v) is 10.8. The molecule has 0 aliphatic heterocycles. The van der Waals surface area contributed by atoms with E-state index >= 15 is 0 Å². The molecule has 1 N–H and O–H groups in total. The van der Waals surface area contributed by atoms with Gasteiger partial charge in [-0.2, -0.15) is 8.42 Å². The third kappa shape index (κ3) is 10.8. The quantitative estimate of drug-likeness (QED) is 0.488. The van der Waals surface area contributed by atoms with Crippen LogP contribution >= 0.6 is 0 Å². The number of carbonyl (C=O) groups is 2. The monoisotopic (exact) mass is 415 g/mol. The van der Waals surface area contributed by atoms with Crippen molar-refractivity contribution >= 4 is 22.2 Å². The molecule has 0 heterocycles. The lowest BCUT2D eigenvalue weighted by molar-refractivity contribution is -0.144. The van der Waals surface area contributed by atoms with E-state index in [0.717, 1.165) is 11.8 Å². The Kier molecular flexibility index (Phi) is 8.74. The van der Waals surface area contributed by atoms with Crippen molar-refractivity contribution in [3.8, 4) is 5.75 Å². The van der Waals surface area contributed by atoms with Gasteiger partial charge in [-0.15, -0.1) is 0 Å². The summed E-state index contributed by atoms with van der Waals surface area (Å²) >= 11 is 0. The lowest BCUT2D eigenvalue weighted by Gasteiger charge is -2.22. The molecule has 0 aromatic heterocycles. The molecule has 28 heavy (non-hydrogen) atoms. The van der Waals surface area contributed by atoms with Crippen LogP contribution in [0.5, 0.6) is 5.75 Å². The van der Waals surface area contributed by atoms with Crippen LogP contribution in [-0.4, -0.2) is 45.5 Å². The molecule has 0 aliphatic rings. The number of esters is 1. The van der Waals surface area contributed by atoms with E-state index < -0.39 is 21.8 Å². The lowest BCUT2D eigenvalue weighted by atomic mass is 9.96. The first kappa shape index (κ1) is 23.7. The smallest absolute Gasteiger partial charge is 0.407 e. The fourth-order valence-electron chi connectivity index (χ4n) is 2.40. The van der Waals surface area contributed by atoms with E-state index in [1.165, 1.54) is 0 Å². The van der Waals surface area contributed by atoms with Gasteiger partial charge >= 0.3 is 22.2 Å². The van der Waals surface area contributed by atoms with Crippen LogP contribution in [0.4, 0.5) is 4.79 Å². The van der Waals surface area contributed by atoms with Crippen LogP contribution in [-0.2, 0) is 30.8 Å². The van der Waals surface area contributed by atoms with Crippen molar-refractivity contribution in [3.05, 3.63) is 29.8 Å². The summed E-state index contributed by atoms with van der Waals surface area (Å²) < 4.78 is 37.4. The topological polar surface area (TPSA) is 108 Å². The van der Waals surface area contributed by atoms with Crippen LogP contribution < -0.4 is 9.50 Å². The van der Waals surface area contributed by atoms with Gasteiger partial charge in [0.05, 0.1) is 19.3 Å². The first-order valence-electron chi connectivity index (χ1n) is 8.99. The molecule has 0 spiro atoms. The number of rotatable bonds is 9. The minimum Gasteiger partial charge on any atom is -0.466 e. The molecule has 1 atom stereocenters. The Morgan fingerprint density at radius 2 is 1.75 bits per heavy atom. The Labute approximate surface area is 166 Å². The Balaban J connectivity index is 2.76. The van der Waals surface area contributed by atoms with Gasteiger partial charge in [0.25, 0.3) is 0 Å². The average molecular weight is 416 g/mol. The molecule has 0 bridgehead atoms. The van der Waals surface area contributed by atoms with Crippen LogP contribution in [0.1, 0.15) is 39.7 Å². The fourth-order valence-corrected chi connectivity index (χ4v) is 2.86. The van der Waals surface area contributed by atoms with Crippen LogP contribution in [0.2, 0.25) is 0 Å². The van der Waals surface area contributed by atoms with E-state index in [9.17, 15) is 18.0 Å². The van der Waals surface area contributed by atoms with Crippen molar-refractivity contribution < 1.29 is 31.7 Å². The van der Waals surface area contributed by atoms with Crippen molar-refractivity contribution in [2.45, 2.75) is 46.1 Å². The molecule has 1 aromatic carbocycles. The Bertz CT molecular complexity index is 751. The lowest BCUT2D eigenvalue weighted by Crippen LogP contribution is -2.36. The fraction of sp³-hybridized carbons (Fsp3) is 0.579. The van der Waals surface area contributed by atoms with Gasteiger partial charge in [-0.3, -0.25) is 4.79 Å². The highest BCUT2D eigenvalue weighted by molar-refractivity contribution is 7.86. The van der Waals surface area contributed by atoms with Gasteiger partial charge in [0.2, 0.25) is 0 Å². The number of ether oxygens (including phenoxy) is 2. The molecule has 1 aromatic rings. The van der Waals surface area contributed by atoms with E-state index in [4.69, 9.17) is 13.7 Å². The molecule has 0 radical (unpaired) electrons. The molecule has 9 heteroatoms. The van der Waals surface area contributed by atoms with Gasteiger partial charge in [0, 0.05) is 6.54 Å². The van der Waals surface area contributed by atoms with Crippen LogP contribution in [0.3, 0.4) is 0 Å². The molecule has 1 unspecified atom stereocenters. The normalized spacial score (nSPS) is 12.8. The van der Waals surface area contributed by atoms with E-state index in [1.54, 1.807) is 52.0 Å². The van der Waals surface area contributed by atoms with Crippen molar-refractivity contribution in [2.75, 3.05) is 19.4 Å². The van der Waals surface area contributed by atoms with Gasteiger partial charge in [-0.05, 0) is 57.7 Å². The summed E-state index contributed by atoms with van der Waals surface area (Å²) in [6, 6.07) is 6.51. The van der Waals surface area contributed by atoms with Crippen LogP contribution in [0.25, 0.3) is 0 Å². The number of alkyl carbamates (subject to hydrolysis) is 1. The molecule has 158 valence electrons. The summed E-state index contributed by atoms with van der Waals surface area (Å²) in [5.41, 5.74) is 0.247. The number of amides is 1. The van der Waals surface area contributed by atoms with Gasteiger partial charge in [-0.1, -0.05) is 12.1 Å². The predicted molar refractivity (Wildman–Crippen MR) is 105 cm³/mol. The minimum absolute atomic E-state index is 0.130. The Morgan fingerprint density at radius 1 is 1.14 bits per heavy atom. The van der Waals surface area contributed by atoms with Crippen LogP contribution in [0.15, 0.2) is 24.3 Å². The van der Waals surface area contributed by atoms with Crippen molar-refractivity contribution in [1.82, 2.24) is 5.32 Å². The Morgan fingerprint density at radius 3 is 2.25 bits per heavy atom. The predicted octanol–water partition coefficient (Wildman–Crippen LogP) is 2.66. The summed E-state index contributed by atoms with van der Waals surface area (Å²) in [6.07, 6.45) is 1.02. The summed E-state index contributed by atoms with van der Waals surface area (Å²) in [4.78, 5) is 23.8. The van der Waals surface area contributed by atoms with Gasteiger partial charge in [-0.25, -0.2) is 4.79 Å². The van der Waals surface area contributed by atoms with E-state index in [1.807, 2.05) is 0 Å². The minimum atomic E-state index is -3.59. The van der Waals surface area contributed by atoms with E-state index in [-0.39, 0.29) is 37.2 Å². The highest BCUT2D eigenvalue weighted by Gasteiger charge is 2.20. The summed E-state index contributed by atoms with van der Waals surface area (Å²) in [6.45, 7) is 7.54. The zero-order chi connectivity index (χ0) is 21.4. The van der Waals surface area contributed by atoms with Gasteiger partial charge in [0.1, 0.15) is 11.4 Å². The number of carbonyl (C=O) groups excluding carboxylic acids is 2. The highest BCUT2D eigenvalue weighted by atomic mass is 32.2. The molecule has 1 rings (SSSR count). The first-order chi connectivity index (χ1) is 12.9. The molecule has 0 aliphatic carbocycles. The highest BCUT2D eigenvalue weighted by Crippen LogP contribution is 2.18. The van der Waals surface area contributed by atoms with Crippen LogP contribution in [0, 0.1) is 5.92 Å². The number of hydrogen-bond donors (Lipinski definition) is 1. The molecular weight excluding hydrogens is 386 g/mol. The second-order valence-electron chi connectivity index (χ2n) is 7.39. The maximum absolute atomic E-state index is 11.9. The standard InChI is InChI=1S/C19H29NO7S/c1-6-25-17(21)12-15(13-20-18(22)26-19(2,3)4)11-14-7-9-16(10-8-14)27-28(5,23)24/h7-10,15H,6,11-13H2,1-5H3,(H,20,22). The summed E-state index contributed by atoms with van der Waals surface area (Å²) in [5, 5.41) is 2.68. The molecule has 0 saturated heterocycles. The van der Waals surface area contributed by atoms with Crippen molar-refractivity contribution in [3.63, 3.8) is 0 Å². The molecule has 0 saturated carbocycles. The second-order valence-corrected chi connectivity index (χ2v) is 8.97. The molecule has 1 amide bonds. The van der Waals surface area contributed by atoms with Crippen molar-refractivity contribution in [2.24, 2.45) is 5.92 Å². The SMILES string of the molecule is CCOC(=O)CC(CNC(=O)OC(C)(C)C)Cc1ccc(OS(C)(=O)=O)cc1. The zero-order valence-corrected chi connectivity index (χ0v) is 17.8. The number of hydrogen-bond acceptors (Lipinski definition) is 7. The number of nitrogens with one attached hydrogen (secondary N) is 1. The van der Waals surface area contributed by atoms with Crippen molar-refractivity contribution in [1.29, 1.82) is 0 Å². The maximum Gasteiger partial charge on any atom is 0.407 e. The molecular formula is C19H29NO7S. The third-order valence-corrected chi connectivity index (χ3v) is 3.89. The zero-order valence-electron chi connectivity index (χ0n) is 17.0. The average Bonchev–Trinajstić information content (AvgIpc) is 2.51. The number of benzene rings is 1. The second kappa shape index (κ2) is 10.3. The molecule has 8 nitrogen and oxygen atoms in total. The molecule has 0 fully saturated rings. The third-order valence-electron chi connectivity index (χ3n) is 3.39. The van der Waals surface area contributed by atoms with E-state index in [0.29, 0.717) is 6.42 Å². The van der Waals surface area contributed by atoms with Gasteiger partial charge in [0.15, 0.2) is 0 Å². The maximum atomic E-state index is 11.9. The largest absolute Gasteiger partial charge is 0.466 e. The summed E-state index contributed by atoms with van der Waals surface area (Å²) in [7, 11) is -3.59. The van der Waals surface area contributed by atoms with E-state index in [2.05, 4.69) is 5.32 Å².